The Hall–Kier alpha value is -1.40. The molecule has 1 aromatic heterocycles. The number of nitrogens with one attached hydrogen (secondary N) is 1. The number of fused-ring (bicyclic) bond motifs is 1. The van der Waals surface area contributed by atoms with Crippen LogP contribution in [0.4, 0.5) is 0 Å². The molecule has 0 radical (unpaired) electrons. The smallest absolute Gasteiger partial charge is 0.140 e. The number of hydrogen-bond donors (Lipinski definition) is 1. The van der Waals surface area contributed by atoms with Gasteiger partial charge in [-0.1, -0.05) is 6.07 Å². The summed E-state index contributed by atoms with van der Waals surface area (Å²) in [6.07, 6.45) is 9.12. The zero-order chi connectivity index (χ0) is 13.4. The van der Waals surface area contributed by atoms with Crippen LogP contribution in [-0.4, -0.2) is 10.5 Å². The maximum Gasteiger partial charge on any atom is 0.140 e. The third kappa shape index (κ3) is 1.18. The highest BCUT2D eigenvalue weighted by atomic mass is 15.0. The van der Waals surface area contributed by atoms with Crippen LogP contribution in [0.2, 0.25) is 0 Å². The summed E-state index contributed by atoms with van der Waals surface area (Å²) in [4.78, 5) is 4.16. The average molecular weight is 265 g/mol. The van der Waals surface area contributed by atoms with Gasteiger partial charge in [0.1, 0.15) is 11.8 Å². The van der Waals surface area contributed by atoms with E-state index < -0.39 is 0 Å². The first-order chi connectivity index (χ1) is 9.74. The van der Waals surface area contributed by atoms with E-state index in [-0.39, 0.29) is 0 Å². The van der Waals surface area contributed by atoms with Crippen molar-refractivity contribution in [3.63, 3.8) is 0 Å². The summed E-state index contributed by atoms with van der Waals surface area (Å²) in [7, 11) is 0. The summed E-state index contributed by atoms with van der Waals surface area (Å²) in [6.45, 7) is 0.902. The second-order valence-electron chi connectivity index (χ2n) is 7.56. The number of nitrogens with zero attached hydrogens (tertiary/aromatic N) is 2. The van der Waals surface area contributed by atoms with Crippen LogP contribution in [0.3, 0.4) is 0 Å². The lowest BCUT2D eigenvalue weighted by molar-refractivity contribution is -0.175. The molecule has 1 N–H and O–H groups in total. The van der Waals surface area contributed by atoms with Gasteiger partial charge in [0.2, 0.25) is 0 Å². The molecule has 4 fully saturated rings. The Morgan fingerprint density at radius 1 is 1.25 bits per heavy atom. The van der Waals surface area contributed by atoms with E-state index in [2.05, 4.69) is 16.4 Å². The van der Waals surface area contributed by atoms with Crippen LogP contribution in [0, 0.1) is 34.5 Å². The minimum absolute atomic E-state index is 0.425. The Kier molecular flexibility index (Phi) is 1.93. The summed E-state index contributed by atoms with van der Waals surface area (Å²) in [5.41, 5.74) is 2.92. The third-order valence-electron chi connectivity index (χ3n) is 6.94. The van der Waals surface area contributed by atoms with Crippen molar-refractivity contribution in [2.75, 3.05) is 0 Å². The lowest BCUT2D eigenvalue weighted by Crippen LogP contribution is -2.60. The molecule has 0 aromatic carbocycles. The van der Waals surface area contributed by atoms with E-state index in [9.17, 15) is 0 Å². The molecule has 2 atom stereocenters. The van der Waals surface area contributed by atoms with E-state index in [1.54, 1.807) is 0 Å². The topological polar surface area (TPSA) is 48.7 Å². The normalized spacial score (nSPS) is 46.2. The van der Waals surface area contributed by atoms with Gasteiger partial charge in [0, 0.05) is 18.3 Å². The van der Waals surface area contributed by atoms with Crippen LogP contribution in [0.1, 0.15) is 43.4 Å². The largest absolute Gasteiger partial charge is 0.307 e. The van der Waals surface area contributed by atoms with E-state index in [4.69, 9.17) is 5.26 Å². The van der Waals surface area contributed by atoms with Crippen LogP contribution in [0.25, 0.3) is 0 Å². The lowest BCUT2D eigenvalue weighted by Gasteiger charge is -2.66. The Labute approximate surface area is 119 Å². The molecule has 1 aromatic rings. The molecular weight excluding hydrogens is 246 g/mol. The molecule has 20 heavy (non-hydrogen) atoms. The molecule has 0 aliphatic heterocycles. The highest BCUT2D eigenvalue weighted by Crippen LogP contribution is 2.82. The van der Waals surface area contributed by atoms with Gasteiger partial charge in [-0.2, -0.15) is 5.26 Å². The van der Waals surface area contributed by atoms with Crippen molar-refractivity contribution in [2.45, 2.75) is 44.2 Å². The van der Waals surface area contributed by atoms with Gasteiger partial charge >= 0.3 is 0 Å². The molecule has 102 valence electrons. The molecule has 4 aliphatic rings. The number of nitriles is 1. The Bertz CT molecular complexity index is 596. The summed E-state index contributed by atoms with van der Waals surface area (Å²) >= 11 is 0. The molecule has 1 spiro atoms. The fourth-order valence-corrected chi connectivity index (χ4v) is 6.17. The van der Waals surface area contributed by atoms with Crippen molar-refractivity contribution in [1.82, 2.24) is 10.3 Å². The van der Waals surface area contributed by atoms with Gasteiger partial charge < -0.3 is 5.32 Å². The number of pyridine rings is 1. The van der Waals surface area contributed by atoms with Crippen molar-refractivity contribution in [1.29, 1.82) is 5.26 Å². The Morgan fingerprint density at radius 3 is 2.60 bits per heavy atom. The van der Waals surface area contributed by atoms with Crippen LogP contribution >= 0.6 is 0 Å². The lowest BCUT2D eigenvalue weighted by atomic mass is 9.38. The van der Waals surface area contributed by atoms with E-state index in [0.29, 0.717) is 11.2 Å². The molecule has 0 amide bonds. The highest BCUT2D eigenvalue weighted by Gasteiger charge is 2.77. The molecule has 1 heterocycles. The summed E-state index contributed by atoms with van der Waals surface area (Å²) in [5, 5.41) is 12.7. The first kappa shape index (κ1) is 11.3. The minimum Gasteiger partial charge on any atom is -0.307 e. The molecule has 5 rings (SSSR count). The molecule has 3 nitrogen and oxygen atoms in total. The van der Waals surface area contributed by atoms with Crippen LogP contribution < -0.4 is 5.32 Å². The predicted molar refractivity (Wildman–Crippen MR) is 74.5 cm³/mol. The van der Waals surface area contributed by atoms with Gasteiger partial charge in [-0.3, -0.25) is 0 Å². The Morgan fingerprint density at radius 2 is 2.05 bits per heavy atom. The molecule has 4 aliphatic carbocycles. The fraction of sp³-hybridized carbons (Fsp3) is 0.647. The molecular formula is C17H19N3. The maximum atomic E-state index is 8.79. The second-order valence-corrected chi connectivity index (χ2v) is 7.56. The quantitative estimate of drug-likeness (QED) is 0.914. The zero-order valence-electron chi connectivity index (χ0n) is 11.6. The monoisotopic (exact) mass is 265 g/mol. The molecule has 0 saturated heterocycles. The fourth-order valence-electron chi connectivity index (χ4n) is 6.17. The average Bonchev–Trinajstić information content (AvgIpc) is 2.92. The highest BCUT2D eigenvalue weighted by molar-refractivity contribution is 5.29. The molecule has 2 bridgehead atoms. The molecule has 3 heteroatoms. The zero-order valence-corrected chi connectivity index (χ0v) is 11.6. The van der Waals surface area contributed by atoms with Crippen LogP contribution in [0.5, 0.6) is 0 Å². The number of rotatable bonds is 3. The Balaban J connectivity index is 1.32. The predicted octanol–water partition coefficient (Wildman–Crippen LogP) is 2.62. The first-order valence-electron chi connectivity index (χ1n) is 7.84. The van der Waals surface area contributed by atoms with E-state index in [0.717, 1.165) is 29.7 Å². The van der Waals surface area contributed by atoms with E-state index >= 15 is 0 Å². The van der Waals surface area contributed by atoms with Crippen molar-refractivity contribution in [2.24, 2.45) is 23.2 Å². The summed E-state index contributed by atoms with van der Waals surface area (Å²) < 4.78 is 0. The van der Waals surface area contributed by atoms with Crippen molar-refractivity contribution >= 4 is 0 Å². The third-order valence-corrected chi connectivity index (χ3v) is 6.94. The van der Waals surface area contributed by atoms with Gasteiger partial charge in [-0.15, -0.1) is 0 Å². The van der Waals surface area contributed by atoms with Crippen molar-refractivity contribution in [3.05, 3.63) is 29.6 Å². The number of aromatic nitrogens is 1. The van der Waals surface area contributed by atoms with Crippen LogP contribution in [0.15, 0.2) is 18.3 Å². The van der Waals surface area contributed by atoms with Crippen LogP contribution in [-0.2, 0) is 6.54 Å². The van der Waals surface area contributed by atoms with Gasteiger partial charge in [0.15, 0.2) is 0 Å². The van der Waals surface area contributed by atoms with E-state index in [1.165, 1.54) is 37.7 Å². The minimum atomic E-state index is 0.425. The van der Waals surface area contributed by atoms with E-state index in [1.807, 2.05) is 18.3 Å². The SMILES string of the molecule is N#Cc1ccc(CNC23CC4CC5CC(C2)C54C3)cn1. The van der Waals surface area contributed by atoms with Gasteiger partial charge in [0.25, 0.3) is 0 Å². The van der Waals surface area contributed by atoms with Crippen molar-refractivity contribution < 1.29 is 0 Å². The maximum absolute atomic E-state index is 8.79. The molecule has 2 unspecified atom stereocenters. The summed E-state index contributed by atoms with van der Waals surface area (Å²) in [5.74, 6) is 3.15. The summed E-state index contributed by atoms with van der Waals surface area (Å²) in [6, 6.07) is 5.93. The standard InChI is InChI=1S/C17H19N3/c18-7-15-2-1-11(8-19-15)9-20-16-5-13-3-12-4-14(6-16)17(12,13)10-16/h1-2,8,12-14,20H,3-6,9-10H2. The van der Waals surface area contributed by atoms with Crippen molar-refractivity contribution in [3.8, 4) is 6.07 Å². The first-order valence-corrected chi connectivity index (χ1v) is 7.84. The van der Waals surface area contributed by atoms with Gasteiger partial charge in [-0.05, 0) is 66.9 Å². The number of hydrogen-bond acceptors (Lipinski definition) is 3. The van der Waals surface area contributed by atoms with Gasteiger partial charge in [-0.25, -0.2) is 4.98 Å². The molecule has 4 saturated carbocycles. The van der Waals surface area contributed by atoms with Gasteiger partial charge in [0.05, 0.1) is 0 Å². The second kappa shape index (κ2) is 3.43.